The number of nitrogens with zero attached hydrogens (tertiary/aromatic N) is 2. The number of benzene rings is 2. The minimum absolute atomic E-state index is 0.632. The number of nitrogens with two attached hydrogens (primary N) is 1. The average molecular weight is 302 g/mol. The highest BCUT2D eigenvalue weighted by molar-refractivity contribution is 9.10. The molecule has 0 fully saturated rings. The second-order valence-electron chi connectivity index (χ2n) is 3.92. The molecule has 2 N–H and O–H groups in total. The van der Waals surface area contributed by atoms with Crippen LogP contribution in [-0.2, 0) is 0 Å². The Morgan fingerprint density at radius 1 is 1.22 bits per heavy atom. The van der Waals surface area contributed by atoms with E-state index in [1.165, 1.54) is 0 Å². The maximum Gasteiger partial charge on any atom is 0.0992 e. The fraction of sp³-hybridized carbons (Fsp3) is 0.0714. The molecule has 0 aliphatic heterocycles. The summed E-state index contributed by atoms with van der Waals surface area (Å²) in [5.74, 6) is 0. The van der Waals surface area contributed by atoms with Crippen LogP contribution in [-0.4, -0.2) is 7.05 Å². The Morgan fingerprint density at radius 3 is 2.72 bits per heavy atom. The second-order valence-corrected chi connectivity index (χ2v) is 4.84. The largest absolute Gasteiger partial charge is 0.397 e. The summed E-state index contributed by atoms with van der Waals surface area (Å²) in [6.45, 7) is 0. The van der Waals surface area contributed by atoms with E-state index in [1.807, 2.05) is 48.3 Å². The smallest absolute Gasteiger partial charge is 0.0992 e. The second kappa shape index (κ2) is 5.11. The van der Waals surface area contributed by atoms with Gasteiger partial charge in [-0.05, 0) is 36.4 Å². The van der Waals surface area contributed by atoms with E-state index in [0.717, 1.165) is 15.8 Å². The van der Waals surface area contributed by atoms with Crippen molar-refractivity contribution in [2.45, 2.75) is 0 Å². The monoisotopic (exact) mass is 301 g/mol. The third-order valence-corrected chi connectivity index (χ3v) is 3.21. The number of nitrogen functional groups attached to an aromatic ring is 1. The molecule has 0 atom stereocenters. The van der Waals surface area contributed by atoms with Crippen molar-refractivity contribution in [1.82, 2.24) is 0 Å². The summed E-state index contributed by atoms with van der Waals surface area (Å²) in [4.78, 5) is 1.96. The maximum atomic E-state index is 8.91. The Labute approximate surface area is 115 Å². The van der Waals surface area contributed by atoms with Gasteiger partial charge in [0.05, 0.1) is 23.0 Å². The molecule has 4 heteroatoms. The van der Waals surface area contributed by atoms with Crippen molar-refractivity contribution < 1.29 is 0 Å². The number of rotatable bonds is 2. The Kier molecular flexibility index (Phi) is 3.54. The van der Waals surface area contributed by atoms with E-state index in [0.29, 0.717) is 11.3 Å². The van der Waals surface area contributed by atoms with E-state index in [2.05, 4.69) is 22.0 Å². The van der Waals surface area contributed by atoms with Gasteiger partial charge < -0.3 is 10.6 Å². The van der Waals surface area contributed by atoms with E-state index in [9.17, 15) is 0 Å². The number of halogens is 1. The molecule has 2 aromatic carbocycles. The minimum atomic E-state index is 0.632. The molecule has 0 unspecified atom stereocenters. The van der Waals surface area contributed by atoms with Crippen LogP contribution in [0.1, 0.15) is 5.56 Å². The van der Waals surface area contributed by atoms with E-state index in [1.54, 1.807) is 6.07 Å². The molecule has 0 aliphatic carbocycles. The van der Waals surface area contributed by atoms with E-state index < -0.39 is 0 Å². The van der Waals surface area contributed by atoms with Crippen LogP contribution < -0.4 is 10.6 Å². The Balaban J connectivity index is 2.44. The zero-order valence-electron chi connectivity index (χ0n) is 9.89. The van der Waals surface area contributed by atoms with Gasteiger partial charge in [0.1, 0.15) is 0 Å². The molecular formula is C14H12BrN3. The molecule has 3 nitrogen and oxygen atoms in total. The van der Waals surface area contributed by atoms with Crippen LogP contribution >= 0.6 is 15.9 Å². The normalized spacial score (nSPS) is 9.83. The lowest BCUT2D eigenvalue weighted by Crippen LogP contribution is -2.11. The summed E-state index contributed by atoms with van der Waals surface area (Å²) in [6.07, 6.45) is 0. The molecule has 0 bridgehead atoms. The van der Waals surface area contributed by atoms with Gasteiger partial charge in [-0.15, -0.1) is 0 Å². The van der Waals surface area contributed by atoms with Gasteiger partial charge in [-0.3, -0.25) is 0 Å². The van der Waals surface area contributed by atoms with Gasteiger partial charge in [0.15, 0.2) is 0 Å². The van der Waals surface area contributed by atoms with Gasteiger partial charge in [0, 0.05) is 17.2 Å². The average Bonchev–Trinajstić information content (AvgIpc) is 2.41. The Bertz CT molecular complexity index is 617. The van der Waals surface area contributed by atoms with E-state index in [4.69, 9.17) is 11.0 Å². The first-order chi connectivity index (χ1) is 8.61. The van der Waals surface area contributed by atoms with E-state index in [-0.39, 0.29) is 0 Å². The molecule has 0 spiro atoms. The van der Waals surface area contributed by atoms with Crippen molar-refractivity contribution in [2.24, 2.45) is 0 Å². The van der Waals surface area contributed by atoms with Gasteiger partial charge >= 0.3 is 0 Å². The molecule has 0 heterocycles. The Morgan fingerprint density at radius 2 is 2.00 bits per heavy atom. The summed E-state index contributed by atoms with van der Waals surface area (Å²) in [7, 11) is 1.93. The van der Waals surface area contributed by atoms with Crippen molar-refractivity contribution >= 4 is 33.0 Å². The van der Waals surface area contributed by atoms with Crippen molar-refractivity contribution in [1.29, 1.82) is 5.26 Å². The maximum absolute atomic E-state index is 8.91. The van der Waals surface area contributed by atoms with Crippen LogP contribution in [0.2, 0.25) is 0 Å². The highest BCUT2D eigenvalue weighted by Gasteiger charge is 2.08. The number of nitriles is 1. The zero-order chi connectivity index (χ0) is 13.1. The molecule has 18 heavy (non-hydrogen) atoms. The van der Waals surface area contributed by atoms with Crippen LogP contribution in [0.25, 0.3) is 0 Å². The molecule has 0 saturated heterocycles. The van der Waals surface area contributed by atoms with Crippen LogP contribution in [0.15, 0.2) is 46.9 Å². The van der Waals surface area contributed by atoms with Crippen LogP contribution in [0.3, 0.4) is 0 Å². The fourth-order valence-corrected chi connectivity index (χ4v) is 2.08. The predicted octanol–water partition coefficient (Wildman–Crippen LogP) is 3.67. The van der Waals surface area contributed by atoms with Crippen molar-refractivity contribution in [3.8, 4) is 6.07 Å². The summed E-state index contributed by atoms with van der Waals surface area (Å²) < 4.78 is 0.968. The highest BCUT2D eigenvalue weighted by atomic mass is 79.9. The summed E-state index contributed by atoms with van der Waals surface area (Å²) >= 11 is 3.43. The van der Waals surface area contributed by atoms with Gasteiger partial charge in [-0.2, -0.15) is 5.26 Å². The molecule has 0 radical (unpaired) electrons. The van der Waals surface area contributed by atoms with Crippen molar-refractivity contribution in [3.05, 3.63) is 52.5 Å². The molecule has 2 aromatic rings. The zero-order valence-corrected chi connectivity index (χ0v) is 11.5. The van der Waals surface area contributed by atoms with E-state index >= 15 is 0 Å². The van der Waals surface area contributed by atoms with Crippen LogP contribution in [0.5, 0.6) is 0 Å². The van der Waals surface area contributed by atoms with Crippen molar-refractivity contribution in [2.75, 3.05) is 17.7 Å². The van der Waals surface area contributed by atoms with Crippen LogP contribution in [0, 0.1) is 11.3 Å². The fourth-order valence-electron chi connectivity index (χ4n) is 1.73. The number of hydrogen-bond donors (Lipinski definition) is 1. The summed E-state index contributed by atoms with van der Waals surface area (Å²) in [5.41, 5.74) is 9.13. The number of anilines is 3. The lowest BCUT2D eigenvalue weighted by atomic mass is 10.2. The quantitative estimate of drug-likeness (QED) is 0.861. The first kappa shape index (κ1) is 12.5. The summed E-state index contributed by atoms with van der Waals surface area (Å²) in [5, 5.41) is 8.91. The highest BCUT2D eigenvalue weighted by Crippen LogP contribution is 2.31. The number of hydrogen-bond acceptors (Lipinski definition) is 3. The van der Waals surface area contributed by atoms with Crippen LogP contribution in [0.4, 0.5) is 17.1 Å². The van der Waals surface area contributed by atoms with Gasteiger partial charge in [-0.1, -0.05) is 22.0 Å². The Hall–Kier alpha value is -1.99. The van der Waals surface area contributed by atoms with Crippen molar-refractivity contribution in [3.63, 3.8) is 0 Å². The third-order valence-electron chi connectivity index (χ3n) is 2.72. The standard InChI is InChI=1S/C14H12BrN3/c1-18(12-4-2-3-10(7-12)9-16)14-8-11(15)5-6-13(14)17/h2-8H,17H2,1H3. The summed E-state index contributed by atoms with van der Waals surface area (Å²) in [6, 6.07) is 15.3. The molecule has 0 aromatic heterocycles. The van der Waals surface area contributed by atoms with Gasteiger partial charge in [-0.25, -0.2) is 0 Å². The molecule has 90 valence electrons. The molecule has 0 aliphatic rings. The lowest BCUT2D eigenvalue weighted by molar-refractivity contribution is 1.21. The topological polar surface area (TPSA) is 53.0 Å². The van der Waals surface area contributed by atoms with Gasteiger partial charge in [0.2, 0.25) is 0 Å². The molecule has 2 rings (SSSR count). The molecule has 0 saturated carbocycles. The minimum Gasteiger partial charge on any atom is -0.397 e. The van der Waals surface area contributed by atoms with Gasteiger partial charge in [0.25, 0.3) is 0 Å². The SMILES string of the molecule is CN(c1cccc(C#N)c1)c1cc(Br)ccc1N. The molecular weight excluding hydrogens is 290 g/mol. The lowest BCUT2D eigenvalue weighted by Gasteiger charge is -2.21. The first-order valence-corrected chi connectivity index (χ1v) is 6.20. The first-order valence-electron chi connectivity index (χ1n) is 5.41. The third kappa shape index (κ3) is 2.47. The predicted molar refractivity (Wildman–Crippen MR) is 77.8 cm³/mol. The molecule has 0 amide bonds.